The van der Waals surface area contributed by atoms with Gasteiger partial charge in [-0.25, -0.2) is 9.97 Å². The Kier molecular flexibility index (Phi) is 4.72. The molecular weight excluding hydrogens is 238 g/mol. The molecule has 0 amide bonds. The second kappa shape index (κ2) is 6.73. The van der Waals surface area contributed by atoms with Gasteiger partial charge in [-0.2, -0.15) is 0 Å². The molecule has 0 saturated heterocycles. The number of ether oxygens (including phenoxy) is 1. The number of rotatable bonds is 6. The molecular formula is C15H19N3O. The van der Waals surface area contributed by atoms with Crippen molar-refractivity contribution >= 4 is 5.82 Å². The van der Waals surface area contributed by atoms with Crippen LogP contribution in [-0.2, 0) is 6.42 Å². The van der Waals surface area contributed by atoms with Gasteiger partial charge in [-0.1, -0.05) is 32.0 Å². The van der Waals surface area contributed by atoms with Crippen molar-refractivity contribution in [3.63, 3.8) is 0 Å². The molecule has 0 aliphatic heterocycles. The zero-order chi connectivity index (χ0) is 13.5. The SMILES string of the molecule is CCCNc1cc(Oc2ccccc2CC)ncn1. The molecule has 0 fully saturated rings. The van der Waals surface area contributed by atoms with Crippen LogP contribution >= 0.6 is 0 Å². The van der Waals surface area contributed by atoms with E-state index in [0.717, 1.165) is 31.0 Å². The van der Waals surface area contributed by atoms with Crippen molar-refractivity contribution < 1.29 is 4.74 Å². The predicted molar refractivity (Wildman–Crippen MR) is 76.7 cm³/mol. The van der Waals surface area contributed by atoms with Crippen molar-refractivity contribution in [1.29, 1.82) is 0 Å². The summed E-state index contributed by atoms with van der Waals surface area (Å²) in [5, 5.41) is 3.22. The molecule has 4 heteroatoms. The van der Waals surface area contributed by atoms with Crippen molar-refractivity contribution in [3.8, 4) is 11.6 Å². The van der Waals surface area contributed by atoms with E-state index in [9.17, 15) is 0 Å². The summed E-state index contributed by atoms with van der Waals surface area (Å²) in [4.78, 5) is 8.30. The monoisotopic (exact) mass is 257 g/mol. The topological polar surface area (TPSA) is 47.0 Å². The number of para-hydroxylation sites is 1. The number of nitrogens with zero attached hydrogens (tertiary/aromatic N) is 2. The molecule has 0 atom stereocenters. The molecule has 2 rings (SSSR count). The number of aryl methyl sites for hydroxylation is 1. The fourth-order valence-electron chi connectivity index (χ4n) is 1.75. The summed E-state index contributed by atoms with van der Waals surface area (Å²) >= 11 is 0. The van der Waals surface area contributed by atoms with Gasteiger partial charge in [-0.05, 0) is 24.5 Å². The zero-order valence-electron chi connectivity index (χ0n) is 11.4. The molecule has 4 nitrogen and oxygen atoms in total. The van der Waals surface area contributed by atoms with Gasteiger partial charge in [-0.15, -0.1) is 0 Å². The molecule has 0 spiro atoms. The number of nitrogens with one attached hydrogen (secondary N) is 1. The maximum Gasteiger partial charge on any atom is 0.224 e. The normalized spacial score (nSPS) is 10.2. The second-order valence-corrected chi connectivity index (χ2v) is 4.23. The maximum atomic E-state index is 5.83. The van der Waals surface area contributed by atoms with Gasteiger partial charge in [0.15, 0.2) is 0 Å². The Morgan fingerprint density at radius 2 is 2.00 bits per heavy atom. The Hall–Kier alpha value is -2.10. The van der Waals surface area contributed by atoms with E-state index in [-0.39, 0.29) is 0 Å². The summed E-state index contributed by atoms with van der Waals surface area (Å²) in [5.41, 5.74) is 1.17. The third-order valence-corrected chi connectivity index (χ3v) is 2.77. The van der Waals surface area contributed by atoms with E-state index in [1.165, 1.54) is 11.9 Å². The first-order chi connectivity index (χ1) is 9.33. The number of benzene rings is 1. The van der Waals surface area contributed by atoms with Crippen LogP contribution < -0.4 is 10.1 Å². The highest BCUT2D eigenvalue weighted by Gasteiger charge is 2.04. The first kappa shape index (κ1) is 13.3. The fraction of sp³-hybridized carbons (Fsp3) is 0.333. The lowest BCUT2D eigenvalue weighted by Crippen LogP contribution is -2.02. The van der Waals surface area contributed by atoms with Crippen LogP contribution in [0.3, 0.4) is 0 Å². The standard InChI is InChI=1S/C15H19N3O/c1-3-9-16-14-10-15(18-11-17-14)19-13-8-6-5-7-12(13)4-2/h5-8,10-11H,3-4,9H2,1-2H3,(H,16,17,18). The number of anilines is 1. The number of aromatic nitrogens is 2. The molecule has 0 bridgehead atoms. The van der Waals surface area contributed by atoms with Gasteiger partial charge in [-0.3, -0.25) is 0 Å². The van der Waals surface area contributed by atoms with Crippen molar-refractivity contribution in [3.05, 3.63) is 42.2 Å². The number of hydrogen-bond acceptors (Lipinski definition) is 4. The molecule has 100 valence electrons. The van der Waals surface area contributed by atoms with E-state index in [4.69, 9.17) is 4.74 Å². The molecule has 0 radical (unpaired) electrons. The fourth-order valence-corrected chi connectivity index (χ4v) is 1.75. The van der Waals surface area contributed by atoms with Crippen LogP contribution in [-0.4, -0.2) is 16.5 Å². The third-order valence-electron chi connectivity index (χ3n) is 2.77. The highest BCUT2D eigenvalue weighted by Crippen LogP contribution is 2.24. The maximum absolute atomic E-state index is 5.83. The van der Waals surface area contributed by atoms with Gasteiger partial charge in [0, 0.05) is 12.6 Å². The molecule has 1 aromatic carbocycles. The Morgan fingerprint density at radius 1 is 1.16 bits per heavy atom. The molecule has 0 unspecified atom stereocenters. The predicted octanol–water partition coefficient (Wildman–Crippen LogP) is 3.65. The molecule has 0 aliphatic rings. The Morgan fingerprint density at radius 3 is 2.79 bits per heavy atom. The molecule has 1 aromatic heterocycles. The van der Waals surface area contributed by atoms with Crippen LogP contribution in [0.4, 0.5) is 5.82 Å². The van der Waals surface area contributed by atoms with Crippen molar-refractivity contribution in [2.24, 2.45) is 0 Å². The Labute approximate surface area is 113 Å². The first-order valence-electron chi connectivity index (χ1n) is 6.65. The van der Waals surface area contributed by atoms with E-state index in [1.807, 2.05) is 24.3 Å². The quantitative estimate of drug-likeness (QED) is 0.858. The van der Waals surface area contributed by atoms with Crippen LogP contribution in [0.1, 0.15) is 25.8 Å². The second-order valence-electron chi connectivity index (χ2n) is 4.23. The minimum atomic E-state index is 0.564. The molecule has 1 heterocycles. The van der Waals surface area contributed by atoms with Gasteiger partial charge in [0.2, 0.25) is 5.88 Å². The summed E-state index contributed by atoms with van der Waals surface area (Å²) in [6, 6.07) is 9.82. The molecule has 0 aliphatic carbocycles. The summed E-state index contributed by atoms with van der Waals surface area (Å²) in [6.45, 7) is 5.11. The zero-order valence-corrected chi connectivity index (χ0v) is 11.4. The molecule has 1 N–H and O–H groups in total. The lowest BCUT2D eigenvalue weighted by molar-refractivity contribution is 0.456. The minimum Gasteiger partial charge on any atom is -0.439 e. The number of hydrogen-bond donors (Lipinski definition) is 1. The minimum absolute atomic E-state index is 0.564. The lowest BCUT2D eigenvalue weighted by Gasteiger charge is -2.10. The largest absolute Gasteiger partial charge is 0.439 e. The third kappa shape index (κ3) is 3.68. The van der Waals surface area contributed by atoms with E-state index < -0.39 is 0 Å². The highest BCUT2D eigenvalue weighted by atomic mass is 16.5. The lowest BCUT2D eigenvalue weighted by atomic mass is 10.1. The molecule has 19 heavy (non-hydrogen) atoms. The van der Waals surface area contributed by atoms with Crippen LogP contribution in [0, 0.1) is 0 Å². The van der Waals surface area contributed by atoms with Gasteiger partial charge >= 0.3 is 0 Å². The van der Waals surface area contributed by atoms with Gasteiger partial charge in [0.05, 0.1) is 0 Å². The van der Waals surface area contributed by atoms with E-state index >= 15 is 0 Å². The highest BCUT2D eigenvalue weighted by molar-refractivity contribution is 5.40. The summed E-state index contributed by atoms with van der Waals surface area (Å²) in [5.74, 6) is 2.21. The van der Waals surface area contributed by atoms with Gasteiger partial charge < -0.3 is 10.1 Å². The molecule has 0 saturated carbocycles. The van der Waals surface area contributed by atoms with Crippen molar-refractivity contribution in [1.82, 2.24) is 9.97 Å². The average Bonchev–Trinajstić information content (AvgIpc) is 2.46. The summed E-state index contributed by atoms with van der Waals surface area (Å²) < 4.78 is 5.83. The van der Waals surface area contributed by atoms with Crippen molar-refractivity contribution in [2.75, 3.05) is 11.9 Å². The van der Waals surface area contributed by atoms with Crippen LogP contribution in [0.15, 0.2) is 36.7 Å². The van der Waals surface area contributed by atoms with E-state index in [2.05, 4.69) is 35.2 Å². The van der Waals surface area contributed by atoms with E-state index in [0.29, 0.717) is 5.88 Å². The molecule has 2 aromatic rings. The van der Waals surface area contributed by atoms with Gasteiger partial charge in [0.1, 0.15) is 17.9 Å². The van der Waals surface area contributed by atoms with Crippen LogP contribution in [0.2, 0.25) is 0 Å². The Bertz CT molecular complexity index is 528. The average molecular weight is 257 g/mol. The smallest absolute Gasteiger partial charge is 0.224 e. The summed E-state index contributed by atoms with van der Waals surface area (Å²) in [6.07, 6.45) is 3.50. The van der Waals surface area contributed by atoms with Crippen molar-refractivity contribution in [2.45, 2.75) is 26.7 Å². The van der Waals surface area contributed by atoms with Crippen LogP contribution in [0.5, 0.6) is 11.6 Å². The first-order valence-corrected chi connectivity index (χ1v) is 6.65. The van der Waals surface area contributed by atoms with Crippen LogP contribution in [0.25, 0.3) is 0 Å². The van der Waals surface area contributed by atoms with Gasteiger partial charge in [0.25, 0.3) is 0 Å². The summed E-state index contributed by atoms with van der Waals surface area (Å²) in [7, 11) is 0. The van der Waals surface area contributed by atoms with E-state index in [1.54, 1.807) is 0 Å². The Balaban J connectivity index is 2.14.